The van der Waals surface area contributed by atoms with Crippen molar-refractivity contribution in [2.24, 2.45) is 0 Å². The van der Waals surface area contributed by atoms with E-state index in [-0.39, 0.29) is 10.6 Å². The Bertz CT molecular complexity index is 634. The molecule has 0 fully saturated rings. The molecule has 1 unspecified atom stereocenters. The number of hydrogen-bond acceptors (Lipinski definition) is 3. The molecule has 104 valence electrons. The number of ether oxygens (including phenoxy) is 1. The first-order chi connectivity index (χ1) is 9.67. The van der Waals surface area contributed by atoms with Gasteiger partial charge in [0.15, 0.2) is 5.78 Å². The highest BCUT2D eigenvalue weighted by molar-refractivity contribution is 9.10. The predicted molar refractivity (Wildman–Crippen MR) is 79.7 cm³/mol. The summed E-state index contributed by atoms with van der Waals surface area (Å²) in [5.74, 6) is 0.984. The zero-order valence-corrected chi connectivity index (χ0v) is 12.8. The molecule has 1 heterocycles. The quantitative estimate of drug-likeness (QED) is 0.810. The van der Waals surface area contributed by atoms with E-state index in [1.54, 1.807) is 7.11 Å². The summed E-state index contributed by atoms with van der Waals surface area (Å²) in [5.41, 5.74) is 2.80. The molecule has 0 spiro atoms. The lowest BCUT2D eigenvalue weighted by molar-refractivity contribution is 0.0981. The number of hydrogen-bond donors (Lipinski definition) is 0. The molecule has 1 aliphatic carbocycles. The number of carbonyl (C=O) groups is 1. The van der Waals surface area contributed by atoms with E-state index in [0.29, 0.717) is 6.54 Å². The Morgan fingerprint density at radius 3 is 2.85 bits per heavy atom. The number of ketones is 1. The van der Waals surface area contributed by atoms with E-state index < -0.39 is 0 Å². The van der Waals surface area contributed by atoms with Crippen molar-refractivity contribution in [3.05, 3.63) is 47.3 Å². The van der Waals surface area contributed by atoms with Crippen molar-refractivity contribution in [1.82, 2.24) is 9.78 Å². The van der Waals surface area contributed by atoms with Crippen LogP contribution in [0, 0.1) is 0 Å². The second kappa shape index (κ2) is 5.40. The molecule has 5 heteroatoms. The molecule has 0 amide bonds. The molecule has 2 aromatic rings. The Morgan fingerprint density at radius 2 is 2.15 bits per heavy atom. The summed E-state index contributed by atoms with van der Waals surface area (Å²) in [5, 5.41) is 4.52. The molecule has 1 atom stereocenters. The van der Waals surface area contributed by atoms with E-state index in [2.05, 4.69) is 21.0 Å². The number of benzene rings is 1. The SMILES string of the molecule is COc1ccc(Cn2cc3c(n2)CCC(Br)C3=O)cc1. The first-order valence-corrected chi connectivity index (χ1v) is 7.46. The number of carbonyl (C=O) groups excluding carboxylic acids is 1. The molecule has 3 rings (SSSR count). The lowest BCUT2D eigenvalue weighted by Crippen LogP contribution is -2.21. The van der Waals surface area contributed by atoms with Crippen LogP contribution in [0.4, 0.5) is 0 Å². The van der Waals surface area contributed by atoms with Crippen molar-refractivity contribution < 1.29 is 9.53 Å². The minimum atomic E-state index is -0.0614. The molecule has 0 aliphatic heterocycles. The van der Waals surface area contributed by atoms with Crippen molar-refractivity contribution in [2.75, 3.05) is 7.11 Å². The monoisotopic (exact) mass is 334 g/mol. The maximum atomic E-state index is 12.0. The molecule has 20 heavy (non-hydrogen) atoms. The highest BCUT2D eigenvalue weighted by Gasteiger charge is 2.27. The van der Waals surface area contributed by atoms with Gasteiger partial charge in [-0.1, -0.05) is 28.1 Å². The normalized spacial score (nSPS) is 17.9. The Labute approximate surface area is 125 Å². The summed E-state index contributed by atoms with van der Waals surface area (Å²) in [7, 11) is 1.65. The number of nitrogens with zero attached hydrogens (tertiary/aromatic N) is 2. The molecule has 1 aliphatic rings. The first-order valence-electron chi connectivity index (χ1n) is 6.55. The highest BCUT2D eigenvalue weighted by atomic mass is 79.9. The van der Waals surface area contributed by atoms with Crippen LogP contribution in [0.3, 0.4) is 0 Å². The van der Waals surface area contributed by atoms with Gasteiger partial charge in [0, 0.05) is 6.20 Å². The minimum absolute atomic E-state index is 0.0614. The molecule has 0 bridgehead atoms. The Morgan fingerprint density at radius 1 is 1.40 bits per heavy atom. The van der Waals surface area contributed by atoms with Gasteiger partial charge in [-0.25, -0.2) is 0 Å². The van der Waals surface area contributed by atoms with E-state index in [9.17, 15) is 4.79 Å². The van der Waals surface area contributed by atoms with E-state index in [4.69, 9.17) is 4.74 Å². The Hall–Kier alpha value is -1.62. The van der Waals surface area contributed by atoms with Gasteiger partial charge in [0.1, 0.15) is 5.75 Å². The fourth-order valence-electron chi connectivity index (χ4n) is 2.41. The van der Waals surface area contributed by atoms with E-state index in [1.807, 2.05) is 35.1 Å². The summed E-state index contributed by atoms with van der Waals surface area (Å²) in [6.45, 7) is 0.664. The third-order valence-electron chi connectivity index (χ3n) is 3.53. The third kappa shape index (κ3) is 2.50. The van der Waals surface area contributed by atoms with Crippen LogP contribution in [0.1, 0.15) is 28.0 Å². The van der Waals surface area contributed by atoms with Crippen LogP contribution in [-0.2, 0) is 13.0 Å². The smallest absolute Gasteiger partial charge is 0.179 e. The van der Waals surface area contributed by atoms with Crippen LogP contribution in [0.2, 0.25) is 0 Å². The first kappa shape index (κ1) is 13.4. The summed E-state index contributed by atoms with van der Waals surface area (Å²) < 4.78 is 6.98. The number of halogens is 1. The molecule has 0 radical (unpaired) electrons. The molecular formula is C15H15BrN2O2. The standard InChI is InChI=1S/C15H15BrN2O2/c1-20-11-4-2-10(3-5-11)8-18-9-12-14(17-18)7-6-13(16)15(12)19/h2-5,9,13H,6-8H2,1H3. The fourth-order valence-corrected chi connectivity index (χ4v) is 2.89. The predicted octanol–water partition coefficient (Wildman–Crippen LogP) is 2.83. The van der Waals surface area contributed by atoms with Crippen molar-refractivity contribution >= 4 is 21.7 Å². The number of aromatic nitrogens is 2. The average Bonchev–Trinajstić information content (AvgIpc) is 2.87. The van der Waals surface area contributed by atoms with Gasteiger partial charge in [-0.15, -0.1) is 0 Å². The number of methoxy groups -OCH3 is 1. The number of fused-ring (bicyclic) bond motifs is 1. The maximum Gasteiger partial charge on any atom is 0.179 e. The van der Waals surface area contributed by atoms with Crippen molar-refractivity contribution in [3.8, 4) is 5.75 Å². The van der Waals surface area contributed by atoms with Crippen LogP contribution in [0.5, 0.6) is 5.75 Å². The summed E-state index contributed by atoms with van der Waals surface area (Å²) in [6, 6.07) is 7.88. The zero-order valence-electron chi connectivity index (χ0n) is 11.2. The molecule has 1 aromatic heterocycles. The second-order valence-corrected chi connectivity index (χ2v) is 6.01. The van der Waals surface area contributed by atoms with Crippen LogP contribution < -0.4 is 4.74 Å². The van der Waals surface area contributed by atoms with Gasteiger partial charge in [-0.05, 0) is 30.5 Å². The molecular weight excluding hydrogens is 320 g/mol. The van der Waals surface area contributed by atoms with Gasteiger partial charge in [0.2, 0.25) is 0 Å². The maximum absolute atomic E-state index is 12.0. The lowest BCUT2D eigenvalue weighted by atomic mass is 9.97. The lowest BCUT2D eigenvalue weighted by Gasteiger charge is -2.13. The molecule has 0 N–H and O–H groups in total. The van der Waals surface area contributed by atoms with Crippen LogP contribution in [0.25, 0.3) is 0 Å². The van der Waals surface area contributed by atoms with E-state index in [1.165, 1.54) is 0 Å². The van der Waals surface area contributed by atoms with Gasteiger partial charge in [-0.2, -0.15) is 5.10 Å². The molecule has 0 saturated heterocycles. The Balaban J connectivity index is 1.81. The average molecular weight is 335 g/mol. The summed E-state index contributed by atoms with van der Waals surface area (Å²) in [6.07, 6.45) is 3.54. The fraction of sp³-hybridized carbons (Fsp3) is 0.333. The molecule has 0 saturated carbocycles. The number of Topliss-reactive ketones (excluding diaryl/α,β-unsaturated/α-hetero) is 1. The largest absolute Gasteiger partial charge is 0.497 e. The van der Waals surface area contributed by atoms with Crippen LogP contribution in [0.15, 0.2) is 30.5 Å². The number of rotatable bonds is 3. The van der Waals surface area contributed by atoms with E-state index in [0.717, 1.165) is 35.4 Å². The van der Waals surface area contributed by atoms with Gasteiger partial charge >= 0.3 is 0 Å². The van der Waals surface area contributed by atoms with E-state index >= 15 is 0 Å². The summed E-state index contributed by atoms with van der Waals surface area (Å²) >= 11 is 3.41. The third-order valence-corrected chi connectivity index (χ3v) is 4.40. The van der Waals surface area contributed by atoms with Crippen molar-refractivity contribution in [1.29, 1.82) is 0 Å². The van der Waals surface area contributed by atoms with Gasteiger partial charge < -0.3 is 4.74 Å². The molecule has 1 aromatic carbocycles. The second-order valence-electron chi connectivity index (χ2n) is 4.91. The Kier molecular flexibility index (Phi) is 3.61. The minimum Gasteiger partial charge on any atom is -0.497 e. The zero-order chi connectivity index (χ0) is 14.1. The number of aryl methyl sites for hydroxylation is 1. The van der Waals surface area contributed by atoms with Gasteiger partial charge in [0.25, 0.3) is 0 Å². The molecule has 4 nitrogen and oxygen atoms in total. The highest BCUT2D eigenvalue weighted by Crippen LogP contribution is 2.25. The van der Waals surface area contributed by atoms with Crippen molar-refractivity contribution in [3.63, 3.8) is 0 Å². The van der Waals surface area contributed by atoms with Crippen molar-refractivity contribution in [2.45, 2.75) is 24.2 Å². The number of alkyl halides is 1. The van der Waals surface area contributed by atoms with Crippen LogP contribution >= 0.6 is 15.9 Å². The topological polar surface area (TPSA) is 44.1 Å². The van der Waals surface area contributed by atoms with Crippen LogP contribution in [-0.4, -0.2) is 27.5 Å². The summed E-state index contributed by atoms with van der Waals surface area (Å²) in [4.78, 5) is 12.0. The van der Waals surface area contributed by atoms with Gasteiger partial charge in [0.05, 0.1) is 29.7 Å². The van der Waals surface area contributed by atoms with Gasteiger partial charge in [-0.3, -0.25) is 9.48 Å².